The fraction of sp³-hybridized carbons (Fsp3) is 0.100. The third kappa shape index (κ3) is 7.81. The molecule has 0 aliphatic rings. The number of carbonyl (C=O) groups is 2. The molecule has 0 aliphatic carbocycles. The number of carbonyl (C=O) groups excluding carboxylic acids is 2. The van der Waals surface area contributed by atoms with Gasteiger partial charge in [0.1, 0.15) is 6.54 Å². The highest BCUT2D eigenvalue weighted by Gasteiger charge is 2.27. The standard InChI is InChI=1S/C30H26BrClN4O4S/c1-20-9-15-28(16-10-20)41(39,40)36(27-13-11-24(31)12-14-27)19-29(37)35-34-21(2)22-5-4-8-26(18-22)33-30(38)23-6-3-7-25(32)17-23/h3-18H,19H2,1-2H3,(H,33,38)(H,35,37)/b34-21-. The van der Waals surface area contributed by atoms with Crippen LogP contribution < -0.4 is 15.0 Å². The van der Waals surface area contributed by atoms with Crippen molar-refractivity contribution in [2.24, 2.45) is 5.10 Å². The van der Waals surface area contributed by atoms with E-state index in [-0.39, 0.29) is 10.8 Å². The van der Waals surface area contributed by atoms with E-state index in [0.717, 1.165) is 14.3 Å². The Labute approximate surface area is 252 Å². The smallest absolute Gasteiger partial charge is 0.264 e. The Kier molecular flexibility index (Phi) is 9.59. The van der Waals surface area contributed by atoms with Crippen LogP contribution in [0.25, 0.3) is 0 Å². The van der Waals surface area contributed by atoms with Crippen molar-refractivity contribution in [2.75, 3.05) is 16.2 Å². The van der Waals surface area contributed by atoms with Crippen LogP contribution in [-0.4, -0.2) is 32.5 Å². The van der Waals surface area contributed by atoms with E-state index in [2.05, 4.69) is 31.8 Å². The van der Waals surface area contributed by atoms with Gasteiger partial charge in [0.05, 0.1) is 16.3 Å². The van der Waals surface area contributed by atoms with Crippen molar-refractivity contribution in [3.63, 3.8) is 0 Å². The summed E-state index contributed by atoms with van der Waals surface area (Å²) < 4.78 is 28.9. The zero-order chi connectivity index (χ0) is 29.6. The van der Waals surface area contributed by atoms with Gasteiger partial charge in [-0.15, -0.1) is 0 Å². The molecule has 0 unspecified atom stereocenters. The van der Waals surface area contributed by atoms with Gasteiger partial charge in [0.25, 0.3) is 21.8 Å². The summed E-state index contributed by atoms with van der Waals surface area (Å²) in [6.07, 6.45) is 0. The minimum absolute atomic E-state index is 0.0649. The number of nitrogens with zero attached hydrogens (tertiary/aromatic N) is 2. The third-order valence-electron chi connectivity index (χ3n) is 5.98. The predicted molar refractivity (Wildman–Crippen MR) is 166 cm³/mol. The molecule has 210 valence electrons. The Morgan fingerprint density at radius 3 is 2.24 bits per heavy atom. The summed E-state index contributed by atoms with van der Waals surface area (Å²) in [5.41, 5.74) is 5.73. The molecule has 2 N–H and O–H groups in total. The first-order valence-corrected chi connectivity index (χ1v) is 15.0. The molecule has 0 bridgehead atoms. The van der Waals surface area contributed by atoms with Gasteiger partial charge in [-0.25, -0.2) is 13.8 Å². The number of halogens is 2. The fourth-order valence-electron chi connectivity index (χ4n) is 3.79. The van der Waals surface area contributed by atoms with E-state index in [1.54, 1.807) is 91.9 Å². The third-order valence-corrected chi connectivity index (χ3v) is 8.54. The lowest BCUT2D eigenvalue weighted by molar-refractivity contribution is -0.119. The van der Waals surface area contributed by atoms with E-state index in [0.29, 0.717) is 33.2 Å². The maximum absolute atomic E-state index is 13.5. The van der Waals surface area contributed by atoms with Gasteiger partial charge in [0.2, 0.25) is 0 Å². The van der Waals surface area contributed by atoms with Gasteiger partial charge in [-0.05, 0) is 86.1 Å². The van der Waals surface area contributed by atoms with Gasteiger partial charge in [0, 0.05) is 20.7 Å². The normalized spacial score (nSPS) is 11.6. The van der Waals surface area contributed by atoms with Crippen LogP contribution in [0.2, 0.25) is 5.02 Å². The van der Waals surface area contributed by atoms with Gasteiger partial charge < -0.3 is 5.32 Å². The highest BCUT2D eigenvalue weighted by Crippen LogP contribution is 2.25. The fourth-order valence-corrected chi connectivity index (χ4v) is 5.67. The average Bonchev–Trinajstić information content (AvgIpc) is 2.95. The molecule has 0 saturated carbocycles. The predicted octanol–water partition coefficient (Wildman–Crippen LogP) is 6.40. The molecule has 4 aromatic rings. The highest BCUT2D eigenvalue weighted by atomic mass is 79.9. The lowest BCUT2D eigenvalue weighted by Crippen LogP contribution is -2.39. The molecular formula is C30H26BrClN4O4S. The molecule has 2 amide bonds. The second-order valence-corrected chi connectivity index (χ2v) is 12.3. The molecule has 0 aliphatic heterocycles. The molecule has 0 spiro atoms. The van der Waals surface area contributed by atoms with E-state index in [4.69, 9.17) is 11.6 Å². The van der Waals surface area contributed by atoms with Crippen LogP contribution in [0.3, 0.4) is 0 Å². The zero-order valence-electron chi connectivity index (χ0n) is 22.1. The van der Waals surface area contributed by atoms with E-state index in [1.807, 2.05) is 6.92 Å². The Balaban J connectivity index is 1.50. The molecule has 0 atom stereocenters. The quantitative estimate of drug-likeness (QED) is 0.161. The zero-order valence-corrected chi connectivity index (χ0v) is 25.3. The van der Waals surface area contributed by atoms with Gasteiger partial charge in [-0.3, -0.25) is 13.9 Å². The Bertz CT molecular complexity index is 1710. The highest BCUT2D eigenvalue weighted by molar-refractivity contribution is 9.10. The number of aryl methyl sites for hydroxylation is 1. The van der Waals surface area contributed by atoms with Crippen LogP contribution in [0.5, 0.6) is 0 Å². The van der Waals surface area contributed by atoms with Crippen molar-refractivity contribution in [2.45, 2.75) is 18.7 Å². The van der Waals surface area contributed by atoms with Crippen molar-refractivity contribution in [1.29, 1.82) is 0 Å². The number of sulfonamides is 1. The van der Waals surface area contributed by atoms with Crippen molar-refractivity contribution in [1.82, 2.24) is 5.43 Å². The summed E-state index contributed by atoms with van der Waals surface area (Å²) in [5.74, 6) is -0.955. The number of anilines is 2. The summed E-state index contributed by atoms with van der Waals surface area (Å²) in [7, 11) is -4.05. The van der Waals surface area contributed by atoms with Crippen molar-refractivity contribution in [3.8, 4) is 0 Å². The Morgan fingerprint density at radius 1 is 0.902 bits per heavy atom. The van der Waals surface area contributed by atoms with E-state index in [9.17, 15) is 18.0 Å². The number of nitrogens with one attached hydrogen (secondary N) is 2. The van der Waals surface area contributed by atoms with Crippen LogP contribution >= 0.6 is 27.5 Å². The SMILES string of the molecule is C/C(=N/NC(=O)CN(c1ccc(Br)cc1)S(=O)(=O)c1ccc(C)cc1)c1cccc(NC(=O)c2cccc(Cl)c2)c1. The summed E-state index contributed by atoms with van der Waals surface area (Å²) in [6.45, 7) is 3.05. The van der Waals surface area contributed by atoms with Crippen molar-refractivity contribution >= 4 is 66.5 Å². The number of hydrazone groups is 1. The Hall–Kier alpha value is -3.99. The topological polar surface area (TPSA) is 108 Å². The monoisotopic (exact) mass is 652 g/mol. The largest absolute Gasteiger partial charge is 0.322 e. The molecule has 0 saturated heterocycles. The number of amides is 2. The number of hydrogen-bond donors (Lipinski definition) is 2. The van der Waals surface area contributed by atoms with Gasteiger partial charge >= 0.3 is 0 Å². The molecule has 0 fully saturated rings. The molecule has 0 aromatic heterocycles. The van der Waals surface area contributed by atoms with Gasteiger partial charge in [0.15, 0.2) is 0 Å². The van der Waals surface area contributed by atoms with Crippen LogP contribution in [0.4, 0.5) is 11.4 Å². The van der Waals surface area contributed by atoms with Gasteiger partial charge in [-0.1, -0.05) is 63.4 Å². The summed E-state index contributed by atoms with van der Waals surface area (Å²) in [5, 5.41) is 7.44. The molecule has 0 radical (unpaired) electrons. The van der Waals surface area contributed by atoms with E-state index in [1.165, 1.54) is 12.1 Å². The maximum atomic E-state index is 13.5. The molecule has 4 rings (SSSR count). The van der Waals surface area contributed by atoms with Crippen molar-refractivity contribution in [3.05, 3.63) is 123 Å². The Morgan fingerprint density at radius 2 is 1.56 bits per heavy atom. The lowest BCUT2D eigenvalue weighted by Gasteiger charge is -2.24. The molecule has 4 aromatic carbocycles. The first kappa shape index (κ1) is 30.0. The lowest BCUT2D eigenvalue weighted by atomic mass is 10.1. The molecule has 41 heavy (non-hydrogen) atoms. The van der Waals surface area contributed by atoms with Crippen LogP contribution in [0, 0.1) is 6.92 Å². The van der Waals surface area contributed by atoms with Crippen LogP contribution in [0.1, 0.15) is 28.4 Å². The molecule has 8 nitrogen and oxygen atoms in total. The minimum atomic E-state index is -4.05. The summed E-state index contributed by atoms with van der Waals surface area (Å²) in [6, 6.07) is 26.6. The number of hydrogen-bond acceptors (Lipinski definition) is 5. The summed E-state index contributed by atoms with van der Waals surface area (Å²) in [4.78, 5) is 25.6. The second-order valence-electron chi connectivity index (χ2n) is 9.08. The number of benzene rings is 4. The van der Waals surface area contributed by atoms with Gasteiger partial charge in [-0.2, -0.15) is 5.10 Å². The first-order valence-electron chi connectivity index (χ1n) is 12.4. The minimum Gasteiger partial charge on any atom is -0.322 e. The molecule has 11 heteroatoms. The first-order chi connectivity index (χ1) is 19.5. The van der Waals surface area contributed by atoms with Crippen LogP contribution in [-0.2, 0) is 14.8 Å². The summed E-state index contributed by atoms with van der Waals surface area (Å²) >= 11 is 9.34. The molecule has 0 heterocycles. The van der Waals surface area contributed by atoms with Crippen LogP contribution in [0.15, 0.2) is 112 Å². The number of rotatable bonds is 9. The molecular weight excluding hydrogens is 628 g/mol. The van der Waals surface area contributed by atoms with Crippen molar-refractivity contribution < 1.29 is 18.0 Å². The van der Waals surface area contributed by atoms with E-state index < -0.39 is 22.5 Å². The second kappa shape index (κ2) is 13.1. The maximum Gasteiger partial charge on any atom is 0.264 e. The average molecular weight is 654 g/mol. The van der Waals surface area contributed by atoms with E-state index >= 15 is 0 Å².